The van der Waals surface area contributed by atoms with Gasteiger partial charge in [0.05, 0.1) is 12.6 Å². The second-order valence-corrected chi connectivity index (χ2v) is 10.7. The zero-order valence-electron chi connectivity index (χ0n) is 24.4. The van der Waals surface area contributed by atoms with Gasteiger partial charge in [0.15, 0.2) is 41.6 Å². The van der Waals surface area contributed by atoms with Crippen molar-refractivity contribution in [3.8, 4) is 0 Å². The van der Waals surface area contributed by atoms with Gasteiger partial charge in [0, 0.05) is 41.3 Å². The van der Waals surface area contributed by atoms with Crippen molar-refractivity contribution < 1.29 is 66.9 Å². The normalized spacial score (nSPS) is 34.0. The summed E-state index contributed by atoms with van der Waals surface area (Å²) in [5, 5.41) is 16.1. The smallest absolute Gasteiger partial charge is 0.305 e. The first-order valence-corrected chi connectivity index (χ1v) is 13.6. The molecule has 0 aromatic heterocycles. The molecule has 0 spiro atoms. The molecule has 0 saturated carbocycles. The minimum atomic E-state index is -1.27. The van der Waals surface area contributed by atoms with Crippen molar-refractivity contribution in [3.05, 3.63) is 0 Å². The van der Waals surface area contributed by atoms with Crippen molar-refractivity contribution in [2.75, 3.05) is 20.3 Å². The summed E-state index contributed by atoms with van der Waals surface area (Å²) in [6.45, 7) is 7.54. The van der Waals surface area contributed by atoms with E-state index in [0.29, 0.717) is 0 Å². The van der Waals surface area contributed by atoms with Crippen LogP contribution in [0.4, 0.5) is 0 Å². The number of ether oxygens (including phenoxy) is 9. The summed E-state index contributed by atoms with van der Waals surface area (Å²) >= 11 is 5.43. The SMILES string of the molecule is CO[C@H]1O[C@H](CNC(=S)N[C@@H](CO)[C@H]2O[C@H](OC(C)=O)[C@H]3OC(C)(C)O[C@H]32)[C@@H](OC(C)=O)[C@H](OC(C)=O)[C@H]1OC(C)=O. The summed E-state index contributed by atoms with van der Waals surface area (Å²) in [5.41, 5.74) is 0. The second-order valence-electron chi connectivity index (χ2n) is 10.3. The van der Waals surface area contributed by atoms with E-state index in [4.69, 9.17) is 54.8 Å². The number of nitrogens with one attached hydrogen (secondary N) is 2. The number of thiocarbonyl (C=S) groups is 1. The number of hydrogen-bond acceptors (Lipinski definition) is 15. The standard InChI is InChI=1S/C25H38N2O14S/c1-10(29)34-17-15(38-22(33-7)20(36-12(3)31)18(17)35-11(2)30)8-26-24(42)27-14(9-28)16-19-21(41-25(5,6)40-19)23(39-16)37-13(4)32/h14-23,28H,8-9H2,1-7H3,(H2,26,27,42)/t14-,15+,16+,17+,18-,19-,20+,21-,22-,23-/m0/s1. The number of carbonyl (C=O) groups excluding carboxylic acids is 4. The third kappa shape index (κ3) is 8.46. The predicted molar refractivity (Wildman–Crippen MR) is 141 cm³/mol. The molecule has 0 aromatic rings. The van der Waals surface area contributed by atoms with E-state index in [1.165, 1.54) is 14.0 Å². The molecule has 3 saturated heterocycles. The first-order chi connectivity index (χ1) is 19.6. The Morgan fingerprint density at radius 1 is 0.833 bits per heavy atom. The molecule has 0 bridgehead atoms. The average molecular weight is 623 g/mol. The van der Waals surface area contributed by atoms with E-state index in [-0.39, 0.29) is 11.7 Å². The molecule has 0 unspecified atom stereocenters. The molecule has 238 valence electrons. The van der Waals surface area contributed by atoms with Crippen LogP contribution in [0.1, 0.15) is 41.5 Å². The third-order valence-corrected chi connectivity index (χ3v) is 6.69. The summed E-state index contributed by atoms with van der Waals surface area (Å²) in [5.74, 6) is -3.69. The van der Waals surface area contributed by atoms with Crippen molar-refractivity contribution in [3.63, 3.8) is 0 Å². The van der Waals surface area contributed by atoms with Gasteiger partial charge in [0.1, 0.15) is 18.3 Å². The topological polar surface area (TPSA) is 196 Å². The van der Waals surface area contributed by atoms with Crippen LogP contribution >= 0.6 is 12.2 Å². The number of esters is 4. The Hall–Kier alpha value is -2.67. The maximum absolute atomic E-state index is 12.0. The highest BCUT2D eigenvalue weighted by Gasteiger charge is 2.58. The molecular formula is C25H38N2O14S. The van der Waals surface area contributed by atoms with Gasteiger partial charge in [0.25, 0.3) is 0 Å². The van der Waals surface area contributed by atoms with Crippen molar-refractivity contribution in [2.24, 2.45) is 0 Å². The Balaban J connectivity index is 1.73. The van der Waals surface area contributed by atoms with Gasteiger partial charge < -0.3 is 58.4 Å². The van der Waals surface area contributed by atoms with E-state index in [0.717, 1.165) is 20.8 Å². The van der Waals surface area contributed by atoms with Gasteiger partial charge in [-0.05, 0) is 26.1 Å². The van der Waals surface area contributed by atoms with Crippen LogP contribution in [0.5, 0.6) is 0 Å². The molecular weight excluding hydrogens is 584 g/mol. The molecule has 42 heavy (non-hydrogen) atoms. The Kier molecular flexibility index (Phi) is 11.4. The minimum absolute atomic E-state index is 0.0357. The summed E-state index contributed by atoms with van der Waals surface area (Å²) in [4.78, 5) is 47.2. The number of aliphatic hydroxyl groups excluding tert-OH is 1. The highest BCUT2D eigenvalue weighted by molar-refractivity contribution is 7.80. The fraction of sp³-hybridized carbons (Fsp3) is 0.800. The zero-order chi connectivity index (χ0) is 31.4. The number of carbonyl (C=O) groups is 4. The van der Waals surface area contributed by atoms with Gasteiger partial charge in [-0.25, -0.2) is 0 Å². The molecule has 10 atom stereocenters. The van der Waals surface area contributed by atoms with E-state index in [2.05, 4.69) is 10.6 Å². The highest BCUT2D eigenvalue weighted by atomic mass is 32.1. The molecule has 3 aliphatic heterocycles. The van der Waals surface area contributed by atoms with Gasteiger partial charge in [0.2, 0.25) is 6.29 Å². The molecule has 3 aliphatic rings. The fourth-order valence-corrected chi connectivity index (χ4v) is 5.26. The molecule has 3 heterocycles. The number of methoxy groups -OCH3 is 1. The second kappa shape index (κ2) is 14.2. The van der Waals surface area contributed by atoms with Crippen molar-refractivity contribution >= 4 is 41.2 Å². The maximum atomic E-state index is 12.0. The van der Waals surface area contributed by atoms with E-state index in [1.54, 1.807) is 13.8 Å². The van der Waals surface area contributed by atoms with E-state index >= 15 is 0 Å². The van der Waals surface area contributed by atoms with Crippen molar-refractivity contribution in [1.82, 2.24) is 10.6 Å². The molecule has 16 nitrogen and oxygen atoms in total. The van der Waals surface area contributed by atoms with Crippen molar-refractivity contribution in [2.45, 2.75) is 109 Å². The summed E-state index contributed by atoms with van der Waals surface area (Å²) < 4.78 is 50.3. The lowest BCUT2D eigenvalue weighted by molar-refractivity contribution is -0.296. The van der Waals surface area contributed by atoms with Gasteiger partial charge in [-0.15, -0.1) is 0 Å². The van der Waals surface area contributed by atoms with Crippen LogP contribution in [-0.4, -0.2) is 121 Å². The monoisotopic (exact) mass is 622 g/mol. The lowest BCUT2D eigenvalue weighted by Crippen LogP contribution is -2.64. The molecule has 3 N–H and O–H groups in total. The first kappa shape index (κ1) is 33.8. The van der Waals surface area contributed by atoms with Crippen LogP contribution in [0.2, 0.25) is 0 Å². The van der Waals surface area contributed by atoms with Gasteiger partial charge >= 0.3 is 23.9 Å². The molecule has 0 aromatic carbocycles. The Morgan fingerprint density at radius 3 is 1.93 bits per heavy atom. The summed E-state index contributed by atoms with van der Waals surface area (Å²) in [7, 11) is 1.30. The van der Waals surface area contributed by atoms with Gasteiger partial charge in [-0.2, -0.15) is 0 Å². The summed E-state index contributed by atoms with van der Waals surface area (Å²) in [6, 6.07) is -0.832. The molecule has 0 aliphatic carbocycles. The summed E-state index contributed by atoms with van der Waals surface area (Å²) in [6.07, 6.45) is -9.25. The largest absolute Gasteiger partial charge is 0.456 e. The fourth-order valence-electron chi connectivity index (χ4n) is 5.03. The van der Waals surface area contributed by atoms with Crippen LogP contribution in [0.15, 0.2) is 0 Å². The lowest BCUT2D eigenvalue weighted by Gasteiger charge is -2.44. The third-order valence-electron chi connectivity index (χ3n) is 6.43. The number of hydrogen-bond donors (Lipinski definition) is 3. The number of rotatable bonds is 10. The van der Waals surface area contributed by atoms with E-state index in [9.17, 15) is 24.3 Å². The van der Waals surface area contributed by atoms with Crippen molar-refractivity contribution in [1.29, 1.82) is 0 Å². The zero-order valence-corrected chi connectivity index (χ0v) is 25.2. The molecule has 3 fully saturated rings. The Labute approximate surface area is 247 Å². The van der Waals surface area contributed by atoms with Gasteiger partial charge in [-0.1, -0.05) is 0 Å². The van der Waals surface area contributed by atoms with Crippen LogP contribution in [-0.2, 0) is 61.8 Å². The van der Waals surface area contributed by atoms with Crippen LogP contribution in [0.25, 0.3) is 0 Å². The molecule has 17 heteroatoms. The highest BCUT2D eigenvalue weighted by Crippen LogP contribution is 2.40. The molecule has 3 rings (SSSR count). The van der Waals surface area contributed by atoms with Gasteiger partial charge in [-0.3, -0.25) is 19.2 Å². The van der Waals surface area contributed by atoms with Crippen LogP contribution < -0.4 is 10.6 Å². The Morgan fingerprint density at radius 2 is 1.38 bits per heavy atom. The molecule has 0 radical (unpaired) electrons. The first-order valence-electron chi connectivity index (χ1n) is 13.2. The van der Waals surface area contributed by atoms with E-state index < -0.39 is 97.6 Å². The average Bonchev–Trinajstić information content (AvgIpc) is 3.35. The maximum Gasteiger partial charge on any atom is 0.305 e. The molecule has 0 amide bonds. The minimum Gasteiger partial charge on any atom is -0.456 e. The number of aliphatic hydroxyl groups is 1. The van der Waals surface area contributed by atoms with E-state index in [1.807, 2.05) is 0 Å². The van der Waals surface area contributed by atoms with Crippen LogP contribution in [0.3, 0.4) is 0 Å². The Bertz CT molecular complexity index is 1030. The van der Waals surface area contributed by atoms with Crippen LogP contribution in [0, 0.1) is 0 Å². The predicted octanol–water partition coefficient (Wildman–Crippen LogP) is -1.21. The number of fused-ring (bicyclic) bond motifs is 1. The quantitative estimate of drug-likeness (QED) is 0.149. The lowest BCUT2D eigenvalue weighted by atomic mass is 9.97.